The van der Waals surface area contributed by atoms with E-state index >= 15 is 0 Å². The fraction of sp³-hybridized carbons (Fsp3) is 0.267. The highest BCUT2D eigenvalue weighted by Crippen LogP contribution is 2.38. The molecule has 2 heterocycles. The number of hydrogen-bond donors (Lipinski definition) is 2. The van der Waals surface area contributed by atoms with E-state index in [-0.39, 0.29) is 17.1 Å². The number of anilines is 1. The van der Waals surface area contributed by atoms with E-state index in [0.29, 0.717) is 17.2 Å². The van der Waals surface area contributed by atoms with Gasteiger partial charge in [0.1, 0.15) is 12.4 Å². The first-order valence-electron chi connectivity index (χ1n) is 7.22. The van der Waals surface area contributed by atoms with Gasteiger partial charge in [-0.3, -0.25) is 4.79 Å². The minimum Gasteiger partial charge on any atom is -0.493 e. The van der Waals surface area contributed by atoms with Crippen molar-refractivity contribution in [3.8, 4) is 11.5 Å². The number of benzene rings is 1. The van der Waals surface area contributed by atoms with Crippen molar-refractivity contribution >= 4 is 11.9 Å². The van der Waals surface area contributed by atoms with Gasteiger partial charge in [0, 0.05) is 5.70 Å². The highest BCUT2D eigenvalue weighted by atomic mass is 19.3. The Morgan fingerprint density at radius 2 is 2.16 bits per heavy atom. The standard InChI is InChI=1S/C15H15F2N5O3/c1-7-11(13(18)23)12(22-15(21-7)19-6-20-22)8-3-4-9(25-14(16)17)10(5-8)24-2/h3-6,12,14H,1-2H3,(H2,18,23)(H,19,20,21)/t12-/m1/s1. The largest absolute Gasteiger partial charge is 0.493 e. The van der Waals surface area contributed by atoms with Crippen LogP contribution < -0.4 is 20.5 Å². The lowest BCUT2D eigenvalue weighted by atomic mass is 9.95. The molecule has 1 aromatic heterocycles. The maximum absolute atomic E-state index is 12.5. The maximum atomic E-state index is 12.5. The van der Waals surface area contributed by atoms with E-state index in [2.05, 4.69) is 20.1 Å². The molecule has 0 saturated carbocycles. The van der Waals surface area contributed by atoms with Gasteiger partial charge in [-0.25, -0.2) is 4.68 Å². The van der Waals surface area contributed by atoms with Crippen LogP contribution in [-0.2, 0) is 4.79 Å². The number of primary amides is 1. The minimum absolute atomic E-state index is 0.0967. The van der Waals surface area contributed by atoms with Crippen LogP contribution in [0.1, 0.15) is 18.5 Å². The first kappa shape index (κ1) is 16.7. The van der Waals surface area contributed by atoms with Crippen LogP contribution in [0.25, 0.3) is 0 Å². The van der Waals surface area contributed by atoms with Crippen molar-refractivity contribution in [1.29, 1.82) is 0 Å². The summed E-state index contributed by atoms with van der Waals surface area (Å²) in [6.45, 7) is -1.29. The fourth-order valence-electron chi connectivity index (χ4n) is 2.77. The number of ether oxygens (including phenoxy) is 2. The monoisotopic (exact) mass is 351 g/mol. The molecule has 1 aliphatic rings. The van der Waals surface area contributed by atoms with Crippen molar-refractivity contribution in [2.24, 2.45) is 5.73 Å². The zero-order chi connectivity index (χ0) is 18.1. The van der Waals surface area contributed by atoms with Gasteiger partial charge in [-0.15, -0.1) is 0 Å². The number of alkyl halides is 2. The lowest BCUT2D eigenvalue weighted by Crippen LogP contribution is -2.31. The second kappa shape index (κ2) is 6.38. The number of allylic oxidation sites excluding steroid dienone is 1. The van der Waals surface area contributed by atoms with Gasteiger partial charge in [0.15, 0.2) is 11.5 Å². The normalized spacial score (nSPS) is 16.4. The summed E-state index contributed by atoms with van der Waals surface area (Å²) >= 11 is 0. The Labute approximate surface area is 141 Å². The lowest BCUT2D eigenvalue weighted by Gasteiger charge is -2.28. The molecule has 0 fully saturated rings. The molecule has 10 heteroatoms. The van der Waals surface area contributed by atoms with Crippen LogP contribution in [0.15, 0.2) is 35.8 Å². The van der Waals surface area contributed by atoms with Crippen LogP contribution in [0.5, 0.6) is 11.5 Å². The summed E-state index contributed by atoms with van der Waals surface area (Å²) in [6, 6.07) is 3.70. The fourth-order valence-corrected chi connectivity index (χ4v) is 2.77. The van der Waals surface area contributed by atoms with Gasteiger partial charge in [-0.05, 0) is 24.6 Å². The molecule has 0 unspecified atom stereocenters. The predicted molar refractivity (Wildman–Crippen MR) is 83.3 cm³/mol. The smallest absolute Gasteiger partial charge is 0.387 e. The summed E-state index contributed by atoms with van der Waals surface area (Å²) in [5.41, 5.74) is 6.89. The first-order chi connectivity index (χ1) is 11.9. The van der Waals surface area contributed by atoms with E-state index in [1.54, 1.807) is 6.92 Å². The predicted octanol–water partition coefficient (Wildman–Crippen LogP) is 1.66. The number of amides is 1. The Morgan fingerprint density at radius 1 is 1.40 bits per heavy atom. The zero-order valence-electron chi connectivity index (χ0n) is 13.4. The lowest BCUT2D eigenvalue weighted by molar-refractivity contribution is -0.115. The van der Waals surface area contributed by atoms with E-state index in [9.17, 15) is 13.6 Å². The molecule has 0 spiro atoms. The van der Waals surface area contributed by atoms with E-state index in [4.69, 9.17) is 10.5 Å². The third kappa shape index (κ3) is 2.97. The number of nitrogens with zero attached hydrogens (tertiary/aromatic N) is 3. The first-order valence-corrected chi connectivity index (χ1v) is 7.22. The number of carbonyl (C=O) groups is 1. The zero-order valence-corrected chi connectivity index (χ0v) is 13.4. The molecule has 25 heavy (non-hydrogen) atoms. The van der Waals surface area contributed by atoms with Crippen molar-refractivity contribution in [1.82, 2.24) is 14.8 Å². The molecule has 3 rings (SSSR count). The highest BCUT2D eigenvalue weighted by molar-refractivity contribution is 5.95. The number of carbonyl (C=O) groups excluding carboxylic acids is 1. The number of aromatic nitrogens is 3. The summed E-state index contributed by atoms with van der Waals surface area (Å²) in [7, 11) is 1.33. The minimum atomic E-state index is -2.98. The van der Waals surface area contributed by atoms with E-state index < -0.39 is 18.6 Å². The van der Waals surface area contributed by atoms with Crippen molar-refractivity contribution in [3.05, 3.63) is 41.4 Å². The van der Waals surface area contributed by atoms with Gasteiger partial charge >= 0.3 is 6.61 Å². The van der Waals surface area contributed by atoms with Crippen molar-refractivity contribution < 1.29 is 23.0 Å². The molecule has 0 saturated heterocycles. The quantitative estimate of drug-likeness (QED) is 0.849. The number of rotatable bonds is 5. The van der Waals surface area contributed by atoms with Crippen LogP contribution >= 0.6 is 0 Å². The van der Waals surface area contributed by atoms with Crippen molar-refractivity contribution in [3.63, 3.8) is 0 Å². The Bertz CT molecular complexity index is 849. The molecule has 1 atom stereocenters. The molecular weight excluding hydrogens is 336 g/mol. The van der Waals surface area contributed by atoms with E-state index in [1.165, 1.54) is 36.3 Å². The van der Waals surface area contributed by atoms with Crippen LogP contribution in [0.3, 0.4) is 0 Å². The second-order valence-electron chi connectivity index (χ2n) is 5.25. The number of methoxy groups -OCH3 is 1. The SMILES string of the molecule is COc1cc([C@@H]2C(C(N)=O)=C(C)Nc3ncnn32)ccc1OC(F)F. The van der Waals surface area contributed by atoms with Gasteiger partial charge in [-0.1, -0.05) is 6.07 Å². The Kier molecular flexibility index (Phi) is 4.26. The molecule has 1 amide bonds. The summed E-state index contributed by atoms with van der Waals surface area (Å²) in [5.74, 6) is -0.225. The van der Waals surface area contributed by atoms with E-state index in [0.717, 1.165) is 0 Å². The molecule has 132 valence electrons. The molecular formula is C15H15F2N5O3. The summed E-state index contributed by atoms with van der Waals surface area (Å²) in [6.07, 6.45) is 1.33. The molecule has 1 aromatic carbocycles. The van der Waals surface area contributed by atoms with Crippen molar-refractivity contribution in [2.75, 3.05) is 12.4 Å². The Balaban J connectivity index is 2.12. The number of halogens is 2. The summed E-state index contributed by atoms with van der Waals surface area (Å²) in [4.78, 5) is 16.0. The molecule has 0 radical (unpaired) electrons. The highest BCUT2D eigenvalue weighted by Gasteiger charge is 2.32. The summed E-state index contributed by atoms with van der Waals surface area (Å²) < 4.78 is 36.0. The molecule has 2 aromatic rings. The van der Waals surface area contributed by atoms with Crippen LogP contribution in [0.2, 0.25) is 0 Å². The van der Waals surface area contributed by atoms with Gasteiger partial charge in [0.05, 0.1) is 12.7 Å². The Morgan fingerprint density at radius 3 is 2.80 bits per heavy atom. The second-order valence-corrected chi connectivity index (χ2v) is 5.25. The molecule has 3 N–H and O–H groups in total. The number of hydrogen-bond acceptors (Lipinski definition) is 6. The maximum Gasteiger partial charge on any atom is 0.387 e. The molecule has 0 aliphatic carbocycles. The van der Waals surface area contributed by atoms with Gasteiger partial charge < -0.3 is 20.5 Å². The van der Waals surface area contributed by atoms with Gasteiger partial charge in [0.2, 0.25) is 11.9 Å². The Hall–Kier alpha value is -3.17. The molecule has 0 bridgehead atoms. The van der Waals surface area contributed by atoms with Crippen LogP contribution in [-0.4, -0.2) is 34.4 Å². The summed E-state index contributed by atoms with van der Waals surface area (Å²) in [5, 5.41) is 7.07. The van der Waals surface area contributed by atoms with E-state index in [1.807, 2.05) is 0 Å². The molecule has 1 aliphatic heterocycles. The average Bonchev–Trinajstić information content (AvgIpc) is 3.01. The number of fused-ring (bicyclic) bond motifs is 1. The average molecular weight is 351 g/mol. The van der Waals surface area contributed by atoms with Gasteiger partial charge in [0.25, 0.3) is 0 Å². The number of nitrogens with two attached hydrogens (primary N) is 1. The third-order valence-corrected chi connectivity index (χ3v) is 3.78. The van der Waals surface area contributed by atoms with Crippen LogP contribution in [0.4, 0.5) is 14.7 Å². The van der Waals surface area contributed by atoms with Gasteiger partial charge in [-0.2, -0.15) is 18.9 Å². The molecule has 8 nitrogen and oxygen atoms in total. The third-order valence-electron chi connectivity index (χ3n) is 3.78. The number of nitrogens with one attached hydrogen (secondary N) is 1. The van der Waals surface area contributed by atoms with Crippen molar-refractivity contribution in [2.45, 2.75) is 19.6 Å². The van der Waals surface area contributed by atoms with Crippen LogP contribution in [0, 0.1) is 0 Å². The topological polar surface area (TPSA) is 104 Å².